The molecule has 2 saturated heterocycles. The molecular formula is C44H60N8O9S2. The number of hydrogen-bond acceptors (Lipinski definition) is 13. The number of imidazole rings is 1. The minimum Gasteiger partial charge on any atom is -0.459 e. The van der Waals surface area contributed by atoms with Gasteiger partial charge in [0.1, 0.15) is 34.8 Å². The van der Waals surface area contributed by atoms with Gasteiger partial charge in [0.25, 0.3) is 11.9 Å². The molecule has 0 unspecified atom stereocenters. The Balaban J connectivity index is 1.11. The molecule has 0 radical (unpaired) electrons. The summed E-state index contributed by atoms with van der Waals surface area (Å²) in [6.45, 7) is 13.7. The Morgan fingerprint density at radius 2 is 1.84 bits per heavy atom. The number of nitrogens with zero attached hydrogens (tertiary/aromatic N) is 5. The van der Waals surface area contributed by atoms with E-state index in [1.807, 2.05) is 54.1 Å². The number of rotatable bonds is 9. The van der Waals surface area contributed by atoms with Gasteiger partial charge in [-0.05, 0) is 86.1 Å². The standard InChI is InChI=1S/C44H60N8O9S2/c1-27(2)52-33-16-12-14-30(32-26-62-40(45-32)50-19-21-59-22-20-50)35(33)47-39(52)60-29-23-34-36(53)48-44(38(55)49-63(57,58)43(6)17-18-43)24-28(44)13-10-8-7-9-11-15-31(37(54)51(34)25-29)46-41(56)61-42(3,4)5/h10,12-14,16,26-29,31,34H,7-9,11,15,17-25H2,1-6H3,(H,46,56)(H,48,53)(H,49,55)/b13-10-/t28-,29-,31+,34+,44-/m1/s1. The van der Waals surface area contributed by atoms with Gasteiger partial charge in [0.15, 0.2) is 5.13 Å². The quantitative estimate of drug-likeness (QED) is 0.237. The van der Waals surface area contributed by atoms with Gasteiger partial charge < -0.3 is 34.6 Å². The highest BCUT2D eigenvalue weighted by Gasteiger charge is 2.63. The molecule has 63 heavy (non-hydrogen) atoms. The number of nitrogens with one attached hydrogen (secondary N) is 3. The minimum absolute atomic E-state index is 0.0260. The van der Waals surface area contributed by atoms with Crippen molar-refractivity contribution in [2.75, 3.05) is 37.7 Å². The third kappa shape index (κ3) is 9.41. The van der Waals surface area contributed by atoms with Gasteiger partial charge in [0, 0.05) is 42.4 Å². The third-order valence-corrected chi connectivity index (χ3v) is 15.8. The zero-order valence-corrected chi connectivity index (χ0v) is 38.6. The lowest BCUT2D eigenvalue weighted by Crippen LogP contribution is -2.58. The maximum atomic E-state index is 14.8. The van der Waals surface area contributed by atoms with Gasteiger partial charge in [-0.2, -0.15) is 4.98 Å². The number of carbonyl (C=O) groups is 4. The number of morpholine rings is 1. The number of para-hydroxylation sites is 1. The number of anilines is 1. The molecule has 17 nitrogen and oxygen atoms in total. The first kappa shape index (κ1) is 44.8. The molecule has 8 rings (SSSR count). The Bertz CT molecular complexity index is 2380. The summed E-state index contributed by atoms with van der Waals surface area (Å²) in [5, 5.41) is 8.65. The average Bonchev–Trinajstić information content (AvgIpc) is 3.89. The number of thiazole rings is 1. The van der Waals surface area contributed by atoms with Crippen molar-refractivity contribution < 1.29 is 41.8 Å². The highest BCUT2D eigenvalue weighted by Crippen LogP contribution is 2.48. The first-order chi connectivity index (χ1) is 29.9. The molecule has 4 fully saturated rings. The van der Waals surface area contributed by atoms with E-state index in [1.54, 1.807) is 39.0 Å². The van der Waals surface area contributed by atoms with E-state index < -0.39 is 73.8 Å². The molecule has 4 amide bonds. The summed E-state index contributed by atoms with van der Waals surface area (Å²) in [5.74, 6) is -2.36. The van der Waals surface area contributed by atoms with Crippen LogP contribution < -0.4 is 25.0 Å². The smallest absolute Gasteiger partial charge is 0.408 e. The Morgan fingerprint density at radius 3 is 2.56 bits per heavy atom. The Hall–Kier alpha value is -4.75. The fourth-order valence-electron chi connectivity index (χ4n) is 8.72. The fourth-order valence-corrected chi connectivity index (χ4v) is 10.9. The predicted octanol–water partition coefficient (Wildman–Crippen LogP) is 5.21. The van der Waals surface area contributed by atoms with Crippen molar-refractivity contribution in [1.29, 1.82) is 0 Å². The maximum absolute atomic E-state index is 14.8. The fraction of sp³-hybridized carbons (Fsp3) is 0.636. The molecule has 2 aromatic heterocycles. The molecule has 0 bridgehead atoms. The molecule has 1 aromatic carbocycles. The number of fused-ring (bicyclic) bond motifs is 3. The van der Waals surface area contributed by atoms with Crippen LogP contribution in [0, 0.1) is 5.92 Å². The SMILES string of the molecule is CC(C)n1c(O[C@@H]2C[C@H]3C(=O)N[C@]4(C(=O)NS(=O)(=O)C5(C)CC5)C[C@H]4/C=C\CCCCC[C@H](NC(=O)OC(C)(C)C)C(=O)N3C2)nc2c(-c3csc(N4CCOCC4)n3)cccc21. The van der Waals surface area contributed by atoms with Crippen molar-refractivity contribution in [3.8, 4) is 17.3 Å². The van der Waals surface area contributed by atoms with Crippen LogP contribution >= 0.6 is 11.3 Å². The molecule has 5 heterocycles. The van der Waals surface area contributed by atoms with Crippen LogP contribution in [0.4, 0.5) is 9.93 Å². The van der Waals surface area contributed by atoms with Gasteiger partial charge in [-0.3, -0.25) is 23.7 Å². The monoisotopic (exact) mass is 908 g/mol. The number of carbonyl (C=O) groups excluding carboxylic acids is 4. The lowest BCUT2D eigenvalue weighted by atomic mass is 10.0. The van der Waals surface area contributed by atoms with Gasteiger partial charge in [-0.15, -0.1) is 11.3 Å². The summed E-state index contributed by atoms with van der Waals surface area (Å²) in [6, 6.07) is 3.99. The van der Waals surface area contributed by atoms with Crippen LogP contribution in [0.1, 0.15) is 105 Å². The van der Waals surface area contributed by atoms with Gasteiger partial charge >= 0.3 is 6.09 Å². The zero-order valence-electron chi connectivity index (χ0n) is 37.0. The first-order valence-electron chi connectivity index (χ1n) is 22.2. The van der Waals surface area contributed by atoms with Crippen molar-refractivity contribution in [2.45, 2.75) is 139 Å². The van der Waals surface area contributed by atoms with E-state index in [0.717, 1.165) is 47.8 Å². The van der Waals surface area contributed by atoms with Gasteiger partial charge in [-0.1, -0.05) is 37.1 Å². The van der Waals surface area contributed by atoms with E-state index in [1.165, 1.54) is 4.90 Å². The molecular weight excluding hydrogens is 849 g/mol. The summed E-state index contributed by atoms with van der Waals surface area (Å²) in [6.07, 6.45) is 6.60. The van der Waals surface area contributed by atoms with Crippen molar-refractivity contribution in [2.24, 2.45) is 5.92 Å². The van der Waals surface area contributed by atoms with Crippen LogP contribution in [0.5, 0.6) is 6.01 Å². The van der Waals surface area contributed by atoms with Crippen LogP contribution in [0.25, 0.3) is 22.3 Å². The molecule has 0 spiro atoms. The second kappa shape index (κ2) is 17.3. The van der Waals surface area contributed by atoms with Crippen LogP contribution in [-0.4, -0.2) is 119 Å². The molecule has 342 valence electrons. The summed E-state index contributed by atoms with van der Waals surface area (Å²) in [7, 11) is -4.01. The Kier molecular flexibility index (Phi) is 12.3. The normalized spacial score (nSPS) is 27.1. The first-order valence-corrected chi connectivity index (χ1v) is 24.6. The molecule has 5 aliphatic rings. The molecule has 5 atom stereocenters. The van der Waals surface area contributed by atoms with Gasteiger partial charge in [-0.25, -0.2) is 18.2 Å². The zero-order chi connectivity index (χ0) is 44.9. The number of alkyl carbamates (subject to hydrolysis) is 1. The van der Waals surface area contributed by atoms with Crippen LogP contribution in [0.3, 0.4) is 0 Å². The number of sulfonamides is 1. The number of benzene rings is 1. The number of aromatic nitrogens is 3. The van der Waals surface area contributed by atoms with E-state index >= 15 is 0 Å². The summed E-state index contributed by atoms with van der Waals surface area (Å²) >= 11 is 1.57. The minimum atomic E-state index is -4.01. The van der Waals surface area contributed by atoms with Gasteiger partial charge in [0.05, 0.1) is 35.7 Å². The van der Waals surface area contributed by atoms with Crippen LogP contribution in [0.2, 0.25) is 0 Å². The summed E-state index contributed by atoms with van der Waals surface area (Å²) in [4.78, 5) is 70.3. The van der Waals surface area contributed by atoms with E-state index in [-0.39, 0.29) is 25.4 Å². The summed E-state index contributed by atoms with van der Waals surface area (Å²) in [5.41, 5.74) is 0.798. The van der Waals surface area contributed by atoms with Crippen molar-refractivity contribution in [3.05, 3.63) is 35.7 Å². The Labute approximate surface area is 372 Å². The molecule has 3 N–H and O–H groups in total. The van der Waals surface area contributed by atoms with Crippen molar-refractivity contribution in [3.63, 3.8) is 0 Å². The predicted molar refractivity (Wildman–Crippen MR) is 238 cm³/mol. The third-order valence-electron chi connectivity index (χ3n) is 12.7. The number of ether oxygens (including phenoxy) is 3. The number of hydrogen-bond donors (Lipinski definition) is 3. The molecule has 3 aromatic rings. The van der Waals surface area contributed by atoms with Gasteiger partial charge in [0.2, 0.25) is 21.8 Å². The maximum Gasteiger partial charge on any atom is 0.408 e. The molecule has 3 aliphatic heterocycles. The average molecular weight is 909 g/mol. The highest BCUT2D eigenvalue weighted by atomic mass is 32.2. The lowest BCUT2D eigenvalue weighted by Gasteiger charge is -2.30. The van der Waals surface area contributed by atoms with Crippen molar-refractivity contribution >= 4 is 61.3 Å². The van der Waals surface area contributed by atoms with E-state index in [9.17, 15) is 27.6 Å². The van der Waals surface area contributed by atoms with E-state index in [0.29, 0.717) is 56.8 Å². The second-order valence-electron chi connectivity index (χ2n) is 19.0. The van der Waals surface area contributed by atoms with Crippen LogP contribution in [-0.2, 0) is 33.9 Å². The molecule has 19 heteroatoms. The van der Waals surface area contributed by atoms with Crippen LogP contribution in [0.15, 0.2) is 35.7 Å². The highest BCUT2D eigenvalue weighted by molar-refractivity contribution is 7.91. The molecule has 2 saturated carbocycles. The lowest BCUT2D eigenvalue weighted by molar-refractivity contribution is -0.141. The van der Waals surface area contributed by atoms with E-state index in [2.05, 4.69) is 20.3 Å². The topological polar surface area (TPSA) is 203 Å². The number of amides is 4. The second-order valence-corrected chi connectivity index (χ2v) is 22.1. The Morgan fingerprint density at radius 1 is 1.08 bits per heavy atom. The summed E-state index contributed by atoms with van der Waals surface area (Å²) < 4.78 is 47.6. The largest absolute Gasteiger partial charge is 0.459 e. The van der Waals surface area contributed by atoms with E-state index in [4.69, 9.17) is 24.2 Å². The molecule has 2 aliphatic carbocycles. The number of allylic oxidation sites excluding steroid dienone is 1. The van der Waals surface area contributed by atoms with Crippen molar-refractivity contribution in [1.82, 2.24) is 34.8 Å².